The van der Waals surface area contributed by atoms with Crippen molar-refractivity contribution in [2.45, 2.75) is 19.9 Å². The summed E-state index contributed by atoms with van der Waals surface area (Å²) >= 11 is 1.27. The van der Waals surface area contributed by atoms with Crippen molar-refractivity contribution < 1.29 is 18.3 Å². The van der Waals surface area contributed by atoms with Gasteiger partial charge >= 0.3 is 5.97 Å². The van der Waals surface area contributed by atoms with E-state index in [2.05, 4.69) is 4.90 Å². The van der Waals surface area contributed by atoms with Crippen LogP contribution in [0.4, 0.5) is 0 Å². The number of aryl methyl sites for hydroxylation is 1. The molecule has 0 amide bonds. The number of rotatable bonds is 3. The fourth-order valence-corrected chi connectivity index (χ4v) is 4.35. The molecule has 2 rings (SSSR count). The summed E-state index contributed by atoms with van der Waals surface area (Å²) in [6.45, 7) is 3.81. The van der Waals surface area contributed by atoms with Gasteiger partial charge in [-0.1, -0.05) is 0 Å². The first-order valence-corrected chi connectivity index (χ1v) is 8.76. The number of carbonyl (C=O) groups is 1. The van der Waals surface area contributed by atoms with Gasteiger partial charge in [-0.3, -0.25) is 4.90 Å². The van der Waals surface area contributed by atoms with Gasteiger partial charge in [0.15, 0.2) is 9.84 Å². The highest BCUT2D eigenvalue weighted by atomic mass is 32.2. The van der Waals surface area contributed by atoms with Crippen LogP contribution in [-0.2, 0) is 16.4 Å². The topological polar surface area (TPSA) is 74.7 Å². The molecule has 0 aliphatic carbocycles. The Morgan fingerprint density at radius 3 is 2.79 bits per heavy atom. The standard InChI is InChI=1S/C12H17NO4S2/c1-9-10(7-11(18-9)12(14)15)8-13-3-2-5-19(16,17)6-4-13/h7H,2-6,8H2,1H3,(H,14,15). The Kier molecular flexibility index (Phi) is 4.27. The van der Waals surface area contributed by atoms with Crippen molar-refractivity contribution in [3.8, 4) is 0 Å². The molecule has 0 unspecified atom stereocenters. The number of sulfone groups is 1. The van der Waals surface area contributed by atoms with Crippen LogP contribution < -0.4 is 0 Å². The van der Waals surface area contributed by atoms with Gasteiger partial charge in [0, 0.05) is 18.0 Å². The lowest BCUT2D eigenvalue weighted by Crippen LogP contribution is -2.26. The molecule has 0 atom stereocenters. The quantitative estimate of drug-likeness (QED) is 0.913. The lowest BCUT2D eigenvalue weighted by atomic mass is 10.2. The summed E-state index contributed by atoms with van der Waals surface area (Å²) in [7, 11) is -2.90. The van der Waals surface area contributed by atoms with Gasteiger partial charge < -0.3 is 5.11 Å². The van der Waals surface area contributed by atoms with E-state index in [1.165, 1.54) is 11.3 Å². The van der Waals surface area contributed by atoms with E-state index in [1.54, 1.807) is 6.07 Å². The molecule has 0 aromatic carbocycles. The fraction of sp³-hybridized carbons (Fsp3) is 0.583. The second-order valence-electron chi connectivity index (χ2n) is 4.78. The van der Waals surface area contributed by atoms with E-state index in [-0.39, 0.29) is 11.5 Å². The van der Waals surface area contributed by atoms with Crippen LogP contribution in [-0.4, -0.2) is 49.0 Å². The molecule has 5 nitrogen and oxygen atoms in total. The Hall–Kier alpha value is -0.920. The van der Waals surface area contributed by atoms with Crippen molar-refractivity contribution in [1.29, 1.82) is 0 Å². The van der Waals surface area contributed by atoms with Crippen LogP contribution in [0.25, 0.3) is 0 Å². The maximum absolute atomic E-state index is 11.5. The fourth-order valence-electron chi connectivity index (χ4n) is 2.17. The van der Waals surface area contributed by atoms with Crippen molar-refractivity contribution in [2.24, 2.45) is 0 Å². The van der Waals surface area contributed by atoms with Crippen LogP contribution in [0, 0.1) is 6.92 Å². The highest BCUT2D eigenvalue weighted by Gasteiger charge is 2.20. The summed E-state index contributed by atoms with van der Waals surface area (Å²) in [5, 5.41) is 8.96. The van der Waals surface area contributed by atoms with E-state index >= 15 is 0 Å². The second kappa shape index (κ2) is 5.60. The van der Waals surface area contributed by atoms with Gasteiger partial charge in [-0.25, -0.2) is 13.2 Å². The Balaban J connectivity index is 2.07. The highest BCUT2D eigenvalue weighted by molar-refractivity contribution is 7.91. The van der Waals surface area contributed by atoms with E-state index < -0.39 is 15.8 Å². The van der Waals surface area contributed by atoms with Crippen LogP contribution in [0.3, 0.4) is 0 Å². The van der Waals surface area contributed by atoms with Gasteiger partial charge in [0.2, 0.25) is 0 Å². The first-order chi connectivity index (χ1) is 8.87. The smallest absolute Gasteiger partial charge is 0.345 e. The molecule has 1 fully saturated rings. The summed E-state index contributed by atoms with van der Waals surface area (Å²) in [6.07, 6.45) is 0.650. The monoisotopic (exact) mass is 303 g/mol. The zero-order chi connectivity index (χ0) is 14.0. The van der Waals surface area contributed by atoms with Crippen LogP contribution in [0.2, 0.25) is 0 Å². The minimum Gasteiger partial charge on any atom is -0.477 e. The van der Waals surface area contributed by atoms with Crippen LogP contribution in [0.15, 0.2) is 6.07 Å². The average Bonchev–Trinajstić information content (AvgIpc) is 2.58. The van der Waals surface area contributed by atoms with Crippen molar-refractivity contribution in [3.63, 3.8) is 0 Å². The van der Waals surface area contributed by atoms with E-state index in [4.69, 9.17) is 5.11 Å². The largest absolute Gasteiger partial charge is 0.477 e. The molecule has 1 aromatic heterocycles. The molecule has 0 spiro atoms. The number of carboxylic acid groups (broad SMARTS) is 1. The maximum atomic E-state index is 11.5. The average molecular weight is 303 g/mol. The molecule has 1 aromatic rings. The molecule has 1 aliphatic heterocycles. The third kappa shape index (κ3) is 3.77. The zero-order valence-electron chi connectivity index (χ0n) is 10.8. The third-order valence-corrected chi connectivity index (χ3v) is 6.07. The Morgan fingerprint density at radius 2 is 2.16 bits per heavy atom. The molecule has 0 radical (unpaired) electrons. The summed E-state index contributed by atoms with van der Waals surface area (Å²) in [4.78, 5) is 14.3. The molecule has 7 heteroatoms. The van der Waals surface area contributed by atoms with Crippen molar-refractivity contribution >= 4 is 27.1 Å². The second-order valence-corrected chi connectivity index (χ2v) is 8.34. The third-order valence-electron chi connectivity index (χ3n) is 3.27. The summed E-state index contributed by atoms with van der Waals surface area (Å²) in [5.41, 5.74) is 0.988. The molecule has 19 heavy (non-hydrogen) atoms. The van der Waals surface area contributed by atoms with E-state index in [0.717, 1.165) is 17.0 Å². The molecule has 1 aliphatic rings. The normalized spacial score (nSPS) is 20.1. The molecule has 1 N–H and O–H groups in total. The molecule has 2 heterocycles. The van der Waals surface area contributed by atoms with Crippen LogP contribution in [0.1, 0.15) is 26.5 Å². The molecular weight excluding hydrogens is 286 g/mol. The number of hydrogen-bond acceptors (Lipinski definition) is 5. The molecule has 106 valence electrons. The molecule has 1 saturated heterocycles. The van der Waals surface area contributed by atoms with Gasteiger partial charge in [-0.05, 0) is 31.5 Å². The molecular formula is C12H17NO4S2. The number of nitrogens with zero attached hydrogens (tertiary/aromatic N) is 1. The van der Waals surface area contributed by atoms with E-state index in [9.17, 15) is 13.2 Å². The van der Waals surface area contributed by atoms with Crippen LogP contribution >= 0.6 is 11.3 Å². The lowest BCUT2D eigenvalue weighted by Gasteiger charge is -2.18. The predicted molar refractivity (Wildman–Crippen MR) is 74.6 cm³/mol. The number of aromatic carboxylic acids is 1. The minimum absolute atomic E-state index is 0.196. The van der Waals surface area contributed by atoms with Gasteiger partial charge in [-0.2, -0.15) is 0 Å². The van der Waals surface area contributed by atoms with Crippen molar-refractivity contribution in [1.82, 2.24) is 4.90 Å². The molecule has 0 bridgehead atoms. The Labute approximate surface area is 116 Å². The van der Waals surface area contributed by atoms with Gasteiger partial charge in [0.05, 0.1) is 11.5 Å². The summed E-state index contributed by atoms with van der Waals surface area (Å²) < 4.78 is 23.1. The van der Waals surface area contributed by atoms with E-state index in [0.29, 0.717) is 24.4 Å². The number of hydrogen-bond donors (Lipinski definition) is 1. The Bertz CT molecular complexity index is 577. The van der Waals surface area contributed by atoms with Crippen molar-refractivity contribution in [2.75, 3.05) is 24.6 Å². The van der Waals surface area contributed by atoms with Gasteiger partial charge in [0.1, 0.15) is 4.88 Å². The Morgan fingerprint density at radius 1 is 1.42 bits per heavy atom. The van der Waals surface area contributed by atoms with Gasteiger partial charge in [0.25, 0.3) is 0 Å². The summed E-state index contributed by atoms with van der Waals surface area (Å²) in [5.74, 6) is -0.452. The summed E-state index contributed by atoms with van der Waals surface area (Å²) in [6, 6.07) is 1.70. The lowest BCUT2D eigenvalue weighted by molar-refractivity contribution is 0.0702. The zero-order valence-corrected chi connectivity index (χ0v) is 12.4. The SMILES string of the molecule is Cc1sc(C(=O)O)cc1CN1CCCS(=O)(=O)CC1. The molecule has 0 saturated carbocycles. The highest BCUT2D eigenvalue weighted by Crippen LogP contribution is 2.23. The van der Waals surface area contributed by atoms with Crippen LogP contribution in [0.5, 0.6) is 0 Å². The van der Waals surface area contributed by atoms with Crippen molar-refractivity contribution in [3.05, 3.63) is 21.4 Å². The van der Waals surface area contributed by atoms with Gasteiger partial charge in [-0.15, -0.1) is 11.3 Å². The number of carboxylic acids is 1. The minimum atomic E-state index is -2.90. The van der Waals surface area contributed by atoms with E-state index in [1.807, 2.05) is 6.92 Å². The predicted octanol–water partition coefficient (Wildman–Crippen LogP) is 1.38. The first kappa shape index (κ1) is 14.5. The maximum Gasteiger partial charge on any atom is 0.345 e. The first-order valence-electron chi connectivity index (χ1n) is 6.13. The number of thiophene rings is 1.